The van der Waals surface area contributed by atoms with Crippen molar-refractivity contribution in [2.75, 3.05) is 20.8 Å². The van der Waals surface area contributed by atoms with Crippen molar-refractivity contribution in [2.24, 2.45) is 0 Å². The smallest absolute Gasteiger partial charge is 0.276 e. The van der Waals surface area contributed by atoms with Crippen LogP contribution in [0.3, 0.4) is 0 Å². The van der Waals surface area contributed by atoms with E-state index in [1.807, 2.05) is 0 Å². The fourth-order valence-electron chi connectivity index (χ4n) is 1.85. The molecule has 0 fully saturated rings. The number of methoxy groups -OCH3 is 2. The molecule has 0 aliphatic rings. The van der Waals surface area contributed by atoms with Gasteiger partial charge in [-0.15, -0.1) is 0 Å². The first-order valence-electron chi connectivity index (χ1n) is 7.22. The number of halogens is 1. The van der Waals surface area contributed by atoms with Crippen molar-refractivity contribution in [2.45, 2.75) is 0 Å². The maximum absolute atomic E-state index is 12.1. The van der Waals surface area contributed by atoms with Crippen molar-refractivity contribution in [1.29, 1.82) is 0 Å². The number of amides is 2. The molecule has 0 saturated carbocycles. The lowest BCUT2D eigenvalue weighted by Crippen LogP contribution is -2.43. The Kier molecular flexibility index (Phi) is 6.64. The monoisotopic (exact) mass is 408 g/mol. The summed E-state index contributed by atoms with van der Waals surface area (Å²) in [4.78, 5) is 23.9. The number of hydrogen-bond acceptors (Lipinski definition) is 5. The normalized spacial score (nSPS) is 9.88. The highest BCUT2D eigenvalue weighted by atomic mass is 79.9. The first-order chi connectivity index (χ1) is 12.0. The van der Waals surface area contributed by atoms with Crippen LogP contribution in [0.15, 0.2) is 46.9 Å². The van der Waals surface area contributed by atoms with Gasteiger partial charge in [0, 0.05) is 16.1 Å². The van der Waals surface area contributed by atoms with Gasteiger partial charge in [-0.3, -0.25) is 20.4 Å². The Labute approximate surface area is 153 Å². The number of hydrazine groups is 1. The van der Waals surface area contributed by atoms with Gasteiger partial charge < -0.3 is 14.2 Å². The molecule has 2 aromatic carbocycles. The Hall–Kier alpha value is -2.74. The molecule has 0 spiro atoms. The second-order valence-corrected chi connectivity index (χ2v) is 5.76. The van der Waals surface area contributed by atoms with Gasteiger partial charge in [0.15, 0.2) is 6.61 Å². The van der Waals surface area contributed by atoms with Crippen LogP contribution >= 0.6 is 15.9 Å². The van der Waals surface area contributed by atoms with E-state index in [1.54, 1.807) is 30.3 Å². The summed E-state index contributed by atoms with van der Waals surface area (Å²) in [6.45, 7) is -0.233. The molecule has 2 amide bonds. The largest absolute Gasteiger partial charge is 0.497 e. The molecule has 2 rings (SSSR count). The zero-order valence-corrected chi connectivity index (χ0v) is 15.3. The van der Waals surface area contributed by atoms with Crippen LogP contribution in [0, 0.1) is 0 Å². The summed E-state index contributed by atoms with van der Waals surface area (Å²) >= 11 is 3.31. The summed E-state index contributed by atoms with van der Waals surface area (Å²) in [7, 11) is 2.97. The minimum Gasteiger partial charge on any atom is -0.497 e. The number of benzene rings is 2. The second kappa shape index (κ2) is 8.93. The molecule has 0 aliphatic heterocycles. The van der Waals surface area contributed by atoms with Crippen molar-refractivity contribution in [3.05, 3.63) is 52.5 Å². The van der Waals surface area contributed by atoms with Crippen molar-refractivity contribution in [3.8, 4) is 17.2 Å². The third kappa shape index (κ3) is 5.68. The lowest BCUT2D eigenvalue weighted by Gasteiger charge is -2.11. The van der Waals surface area contributed by atoms with Crippen molar-refractivity contribution in [3.63, 3.8) is 0 Å². The topological polar surface area (TPSA) is 85.9 Å². The minimum atomic E-state index is -0.505. The second-order valence-electron chi connectivity index (χ2n) is 4.85. The molecule has 2 N–H and O–H groups in total. The fraction of sp³-hybridized carbons (Fsp3) is 0.176. The van der Waals surface area contributed by atoms with E-state index in [0.29, 0.717) is 17.2 Å². The number of carbonyl (C=O) groups is 2. The van der Waals surface area contributed by atoms with E-state index in [2.05, 4.69) is 26.8 Å². The Morgan fingerprint density at radius 3 is 2.08 bits per heavy atom. The Morgan fingerprint density at radius 1 is 0.920 bits per heavy atom. The maximum atomic E-state index is 12.1. The third-order valence-corrected chi connectivity index (χ3v) is 3.64. The van der Waals surface area contributed by atoms with Crippen LogP contribution < -0.4 is 25.1 Å². The molecule has 7 nitrogen and oxygen atoms in total. The maximum Gasteiger partial charge on any atom is 0.276 e. The van der Waals surface area contributed by atoms with E-state index in [4.69, 9.17) is 14.2 Å². The average Bonchev–Trinajstić information content (AvgIpc) is 2.65. The van der Waals surface area contributed by atoms with E-state index < -0.39 is 11.8 Å². The van der Waals surface area contributed by atoms with Crippen LogP contribution in [0.4, 0.5) is 0 Å². The van der Waals surface area contributed by atoms with E-state index in [1.165, 1.54) is 26.4 Å². The van der Waals surface area contributed by atoms with Crippen LogP contribution in [0.2, 0.25) is 0 Å². The van der Waals surface area contributed by atoms with Gasteiger partial charge >= 0.3 is 0 Å². The molecule has 0 heterocycles. The predicted octanol–water partition coefficient (Wildman–Crippen LogP) is 2.31. The van der Waals surface area contributed by atoms with Gasteiger partial charge in [0.2, 0.25) is 0 Å². The first-order valence-corrected chi connectivity index (χ1v) is 8.01. The van der Waals surface area contributed by atoms with Crippen molar-refractivity contribution in [1.82, 2.24) is 10.9 Å². The van der Waals surface area contributed by atoms with Gasteiger partial charge in [0.1, 0.15) is 17.2 Å². The SMILES string of the molecule is COc1cc(OC)cc(C(=O)NNC(=O)COc2ccc(Br)cc2)c1. The molecular formula is C17H17BrN2O5. The molecular weight excluding hydrogens is 392 g/mol. The quantitative estimate of drug-likeness (QED) is 0.716. The molecule has 0 unspecified atom stereocenters. The molecule has 0 bridgehead atoms. The minimum absolute atomic E-state index is 0.233. The molecule has 25 heavy (non-hydrogen) atoms. The molecule has 0 aliphatic carbocycles. The van der Waals surface area contributed by atoms with Gasteiger partial charge in [0.25, 0.3) is 11.8 Å². The molecule has 132 valence electrons. The Balaban J connectivity index is 1.86. The van der Waals surface area contributed by atoms with Crippen LogP contribution in [0.1, 0.15) is 10.4 Å². The molecule has 0 saturated heterocycles. The van der Waals surface area contributed by atoms with E-state index in [-0.39, 0.29) is 12.2 Å². The molecule has 8 heteroatoms. The Morgan fingerprint density at radius 2 is 1.52 bits per heavy atom. The van der Waals surface area contributed by atoms with Crippen molar-refractivity contribution >= 4 is 27.7 Å². The zero-order chi connectivity index (χ0) is 18.2. The highest BCUT2D eigenvalue weighted by Gasteiger charge is 2.11. The van der Waals surface area contributed by atoms with Gasteiger partial charge in [-0.2, -0.15) is 0 Å². The summed E-state index contributed by atoms with van der Waals surface area (Å²) in [6, 6.07) is 11.7. The van der Waals surface area contributed by atoms with Crippen LogP contribution in [0.25, 0.3) is 0 Å². The number of ether oxygens (including phenoxy) is 3. The predicted molar refractivity (Wildman–Crippen MR) is 94.8 cm³/mol. The van der Waals surface area contributed by atoms with Crippen LogP contribution in [-0.4, -0.2) is 32.6 Å². The van der Waals surface area contributed by atoms with Gasteiger partial charge in [-0.05, 0) is 36.4 Å². The molecule has 0 atom stereocenters. The lowest BCUT2D eigenvalue weighted by molar-refractivity contribution is -0.123. The highest BCUT2D eigenvalue weighted by molar-refractivity contribution is 9.10. The third-order valence-electron chi connectivity index (χ3n) is 3.11. The molecule has 2 aromatic rings. The fourth-order valence-corrected chi connectivity index (χ4v) is 2.12. The lowest BCUT2D eigenvalue weighted by atomic mass is 10.2. The van der Waals surface area contributed by atoms with Gasteiger partial charge in [-0.25, -0.2) is 0 Å². The number of nitrogens with one attached hydrogen (secondary N) is 2. The summed E-state index contributed by atoms with van der Waals surface area (Å²) in [5.41, 5.74) is 4.88. The number of rotatable bonds is 6. The molecule has 0 radical (unpaired) electrons. The summed E-state index contributed by atoms with van der Waals surface area (Å²) in [5.74, 6) is 0.478. The highest BCUT2D eigenvalue weighted by Crippen LogP contribution is 2.22. The zero-order valence-electron chi connectivity index (χ0n) is 13.7. The van der Waals surface area contributed by atoms with Crippen LogP contribution in [-0.2, 0) is 4.79 Å². The summed E-state index contributed by atoms with van der Waals surface area (Å²) in [6.07, 6.45) is 0. The van der Waals surface area contributed by atoms with E-state index >= 15 is 0 Å². The molecule has 0 aromatic heterocycles. The van der Waals surface area contributed by atoms with Gasteiger partial charge in [0.05, 0.1) is 14.2 Å². The van der Waals surface area contributed by atoms with Crippen molar-refractivity contribution < 1.29 is 23.8 Å². The average molecular weight is 409 g/mol. The standard InChI is InChI=1S/C17H17BrN2O5/c1-23-14-7-11(8-15(9-14)24-2)17(22)20-19-16(21)10-25-13-5-3-12(18)4-6-13/h3-9H,10H2,1-2H3,(H,19,21)(H,20,22). The number of hydrogen-bond donors (Lipinski definition) is 2. The first kappa shape index (κ1) is 18.6. The van der Waals surface area contributed by atoms with Gasteiger partial charge in [-0.1, -0.05) is 15.9 Å². The summed E-state index contributed by atoms with van der Waals surface area (Å²) < 4.78 is 16.4. The van der Waals surface area contributed by atoms with E-state index in [0.717, 1.165) is 4.47 Å². The number of carbonyl (C=O) groups excluding carboxylic acids is 2. The Bertz CT molecular complexity index is 727. The van der Waals surface area contributed by atoms with Crippen LogP contribution in [0.5, 0.6) is 17.2 Å². The summed E-state index contributed by atoms with van der Waals surface area (Å²) in [5, 5.41) is 0. The van der Waals surface area contributed by atoms with E-state index in [9.17, 15) is 9.59 Å².